The number of anilines is 1. The molecule has 1 aromatic carbocycles. The topological polar surface area (TPSA) is 93.0 Å². The number of thiophene rings is 1. The SMILES string of the molecule is Cc1cc(C#N)c(N)s1.O=[N+]([O-])c1ccccc1. The fourth-order valence-corrected chi connectivity index (χ4v) is 1.91. The number of rotatable bonds is 1. The third-order valence-electron chi connectivity index (χ3n) is 1.97. The van der Waals surface area contributed by atoms with E-state index in [0.29, 0.717) is 10.6 Å². The maximum absolute atomic E-state index is 10.0. The van der Waals surface area contributed by atoms with E-state index in [1.165, 1.54) is 23.5 Å². The van der Waals surface area contributed by atoms with Crippen molar-refractivity contribution in [1.82, 2.24) is 0 Å². The highest BCUT2D eigenvalue weighted by Gasteiger charge is 2.00. The maximum Gasteiger partial charge on any atom is 0.269 e. The molecule has 18 heavy (non-hydrogen) atoms. The molecule has 0 amide bonds. The van der Waals surface area contributed by atoms with Crippen LogP contribution < -0.4 is 5.73 Å². The van der Waals surface area contributed by atoms with E-state index in [-0.39, 0.29) is 5.69 Å². The minimum absolute atomic E-state index is 0.137. The number of aryl methyl sites for hydroxylation is 1. The molecule has 6 heteroatoms. The Morgan fingerprint density at radius 1 is 1.39 bits per heavy atom. The predicted molar refractivity (Wildman–Crippen MR) is 71.3 cm³/mol. The molecular formula is C12H11N3O2S. The fourth-order valence-electron chi connectivity index (χ4n) is 1.17. The summed E-state index contributed by atoms with van der Waals surface area (Å²) in [5, 5.41) is 19.0. The monoisotopic (exact) mass is 261 g/mol. The Balaban J connectivity index is 0.000000180. The summed E-state index contributed by atoms with van der Waals surface area (Å²) in [7, 11) is 0. The summed E-state index contributed by atoms with van der Waals surface area (Å²) in [6, 6.07) is 11.7. The van der Waals surface area contributed by atoms with Gasteiger partial charge in [-0.25, -0.2) is 0 Å². The Kier molecular flexibility index (Phi) is 4.84. The Hall–Kier alpha value is -2.39. The van der Waals surface area contributed by atoms with Crippen LogP contribution in [-0.2, 0) is 0 Å². The van der Waals surface area contributed by atoms with Gasteiger partial charge < -0.3 is 5.73 Å². The van der Waals surface area contributed by atoms with Crippen LogP contribution in [0.15, 0.2) is 36.4 Å². The standard InChI is InChI=1S/C6H6N2S.C6H5NO2/c1-4-2-5(3-7)6(8)9-4;8-7(9)6-4-2-1-3-5-6/h2H,8H2,1H3;1-5H. The molecule has 0 saturated carbocycles. The molecule has 1 heterocycles. The molecule has 2 rings (SSSR count). The molecule has 0 aliphatic heterocycles. The second-order valence-electron chi connectivity index (χ2n) is 3.34. The van der Waals surface area contributed by atoms with Crippen molar-refractivity contribution in [2.24, 2.45) is 0 Å². The van der Waals surface area contributed by atoms with Gasteiger partial charge >= 0.3 is 0 Å². The molecule has 0 fully saturated rings. The summed E-state index contributed by atoms with van der Waals surface area (Å²) >= 11 is 1.45. The van der Waals surface area contributed by atoms with E-state index in [2.05, 4.69) is 0 Å². The number of nitrogens with two attached hydrogens (primary N) is 1. The van der Waals surface area contributed by atoms with E-state index in [0.717, 1.165) is 4.88 Å². The molecule has 92 valence electrons. The normalized spacial score (nSPS) is 8.89. The molecule has 2 N–H and O–H groups in total. The molecule has 1 aromatic heterocycles. The zero-order chi connectivity index (χ0) is 13.5. The first-order valence-corrected chi connectivity index (χ1v) is 5.81. The van der Waals surface area contributed by atoms with E-state index in [1.54, 1.807) is 24.3 Å². The quantitative estimate of drug-likeness (QED) is 0.630. The number of nitro groups is 1. The summed E-state index contributed by atoms with van der Waals surface area (Å²) in [6.07, 6.45) is 0. The first-order chi connectivity index (χ1) is 8.54. The molecule has 0 saturated heterocycles. The zero-order valence-corrected chi connectivity index (χ0v) is 10.5. The number of para-hydroxylation sites is 1. The first kappa shape index (κ1) is 13.7. The molecule has 0 aliphatic rings. The number of nitrogen functional groups attached to an aromatic ring is 1. The van der Waals surface area contributed by atoms with Gasteiger partial charge in [-0.05, 0) is 13.0 Å². The van der Waals surface area contributed by atoms with Crippen molar-refractivity contribution in [3.63, 3.8) is 0 Å². The second-order valence-corrected chi connectivity index (χ2v) is 4.63. The van der Waals surface area contributed by atoms with Gasteiger partial charge in [0, 0.05) is 17.0 Å². The molecule has 0 bridgehead atoms. The Bertz CT molecular complexity index is 573. The molecule has 5 nitrogen and oxygen atoms in total. The fraction of sp³-hybridized carbons (Fsp3) is 0.0833. The van der Waals surface area contributed by atoms with Crippen LogP contribution in [0.4, 0.5) is 10.7 Å². The Morgan fingerprint density at radius 3 is 2.28 bits per heavy atom. The van der Waals surface area contributed by atoms with Crippen LogP contribution in [0, 0.1) is 28.4 Å². The minimum atomic E-state index is -0.417. The van der Waals surface area contributed by atoms with E-state index in [9.17, 15) is 10.1 Å². The van der Waals surface area contributed by atoms with Crippen molar-refractivity contribution in [2.45, 2.75) is 6.92 Å². The Labute approximate surface area is 108 Å². The average Bonchev–Trinajstić information content (AvgIpc) is 2.69. The maximum atomic E-state index is 10.0. The lowest BCUT2D eigenvalue weighted by atomic mass is 10.3. The first-order valence-electron chi connectivity index (χ1n) is 5.00. The average molecular weight is 261 g/mol. The summed E-state index contributed by atoms with van der Waals surface area (Å²) in [5.74, 6) is 0. The molecule has 0 atom stereocenters. The smallest absolute Gasteiger partial charge is 0.269 e. The summed E-state index contributed by atoms with van der Waals surface area (Å²) in [5.41, 5.74) is 6.18. The number of nitriles is 1. The van der Waals surface area contributed by atoms with Crippen LogP contribution in [-0.4, -0.2) is 4.92 Å². The van der Waals surface area contributed by atoms with Gasteiger partial charge in [0.2, 0.25) is 0 Å². The van der Waals surface area contributed by atoms with E-state index in [1.807, 2.05) is 13.0 Å². The molecule has 0 radical (unpaired) electrons. The van der Waals surface area contributed by atoms with E-state index < -0.39 is 4.92 Å². The van der Waals surface area contributed by atoms with E-state index >= 15 is 0 Å². The van der Waals surface area contributed by atoms with Gasteiger partial charge in [-0.1, -0.05) is 18.2 Å². The lowest BCUT2D eigenvalue weighted by Crippen LogP contribution is -1.84. The largest absolute Gasteiger partial charge is 0.389 e. The van der Waals surface area contributed by atoms with Crippen molar-refractivity contribution < 1.29 is 4.92 Å². The molecule has 0 spiro atoms. The summed E-state index contributed by atoms with van der Waals surface area (Å²) in [4.78, 5) is 10.7. The number of benzene rings is 1. The van der Waals surface area contributed by atoms with E-state index in [4.69, 9.17) is 11.0 Å². The van der Waals surface area contributed by atoms with Crippen molar-refractivity contribution >= 4 is 22.0 Å². The van der Waals surface area contributed by atoms with Crippen LogP contribution >= 0.6 is 11.3 Å². The van der Waals surface area contributed by atoms with Gasteiger partial charge in [-0.3, -0.25) is 10.1 Å². The summed E-state index contributed by atoms with van der Waals surface area (Å²) in [6.45, 7) is 1.93. The van der Waals surface area contributed by atoms with Crippen LogP contribution in [0.1, 0.15) is 10.4 Å². The molecule has 0 unspecified atom stereocenters. The van der Waals surface area contributed by atoms with Gasteiger partial charge in [0.25, 0.3) is 5.69 Å². The number of nitro benzene ring substituents is 1. The molecule has 2 aromatic rings. The van der Waals surface area contributed by atoms with Crippen molar-refractivity contribution in [3.8, 4) is 6.07 Å². The van der Waals surface area contributed by atoms with Gasteiger partial charge in [-0.15, -0.1) is 11.3 Å². The Morgan fingerprint density at radius 2 is 2.00 bits per heavy atom. The summed E-state index contributed by atoms with van der Waals surface area (Å²) < 4.78 is 0. The van der Waals surface area contributed by atoms with Crippen LogP contribution in [0.5, 0.6) is 0 Å². The number of hydrogen-bond acceptors (Lipinski definition) is 5. The van der Waals surface area contributed by atoms with Gasteiger partial charge in [0.1, 0.15) is 11.1 Å². The van der Waals surface area contributed by atoms with Gasteiger partial charge in [0.15, 0.2) is 0 Å². The van der Waals surface area contributed by atoms with Gasteiger partial charge in [-0.2, -0.15) is 5.26 Å². The number of nitrogens with zero attached hydrogens (tertiary/aromatic N) is 2. The molecule has 0 aliphatic carbocycles. The van der Waals surface area contributed by atoms with Crippen molar-refractivity contribution in [1.29, 1.82) is 5.26 Å². The lowest BCUT2D eigenvalue weighted by Gasteiger charge is -1.85. The predicted octanol–water partition coefficient (Wildman–Crippen LogP) is 3.11. The minimum Gasteiger partial charge on any atom is -0.389 e. The number of non-ortho nitro benzene ring substituents is 1. The van der Waals surface area contributed by atoms with Crippen LogP contribution in [0.25, 0.3) is 0 Å². The zero-order valence-electron chi connectivity index (χ0n) is 9.66. The lowest BCUT2D eigenvalue weighted by molar-refractivity contribution is -0.384. The van der Waals surface area contributed by atoms with Gasteiger partial charge in [0.05, 0.1) is 10.5 Å². The third kappa shape index (κ3) is 3.88. The highest BCUT2D eigenvalue weighted by molar-refractivity contribution is 7.16. The third-order valence-corrected chi connectivity index (χ3v) is 2.85. The van der Waals surface area contributed by atoms with Crippen LogP contribution in [0.3, 0.4) is 0 Å². The highest BCUT2D eigenvalue weighted by atomic mass is 32.1. The van der Waals surface area contributed by atoms with Crippen LogP contribution in [0.2, 0.25) is 0 Å². The highest BCUT2D eigenvalue weighted by Crippen LogP contribution is 2.22. The second kappa shape index (κ2) is 6.37. The molecular weight excluding hydrogens is 250 g/mol. The van der Waals surface area contributed by atoms with Crippen molar-refractivity contribution in [3.05, 3.63) is 57.0 Å². The van der Waals surface area contributed by atoms with Crippen molar-refractivity contribution in [2.75, 3.05) is 5.73 Å². The number of hydrogen-bond donors (Lipinski definition) is 1.